The molecule has 0 aliphatic rings. The summed E-state index contributed by atoms with van der Waals surface area (Å²) in [5, 5.41) is 11.9. The zero-order chi connectivity index (χ0) is 14.6. The van der Waals surface area contributed by atoms with E-state index in [1.54, 1.807) is 19.2 Å². The Bertz CT molecular complexity index is 486. The van der Waals surface area contributed by atoms with Gasteiger partial charge in [-0.25, -0.2) is 4.98 Å². The standard InChI is InChI=1S/C13H19N3O3/c1-7(2)9(6-10(17)18)16-13-11(12(14)19)8(3)4-5-15-13/h4-5,7,9H,6H2,1-3H3,(H2,14,19)(H,15,16)(H,17,18). The molecule has 1 unspecified atom stereocenters. The van der Waals surface area contributed by atoms with E-state index in [1.807, 2.05) is 13.8 Å². The van der Waals surface area contributed by atoms with E-state index in [2.05, 4.69) is 10.3 Å². The van der Waals surface area contributed by atoms with Gasteiger partial charge in [-0.2, -0.15) is 0 Å². The van der Waals surface area contributed by atoms with Crippen molar-refractivity contribution in [2.75, 3.05) is 5.32 Å². The molecule has 4 N–H and O–H groups in total. The number of hydrogen-bond donors (Lipinski definition) is 3. The zero-order valence-electron chi connectivity index (χ0n) is 11.3. The van der Waals surface area contributed by atoms with Crippen molar-refractivity contribution in [1.82, 2.24) is 4.98 Å². The molecular weight excluding hydrogens is 246 g/mol. The molecule has 0 spiro atoms. The van der Waals surface area contributed by atoms with Crippen molar-refractivity contribution >= 4 is 17.7 Å². The van der Waals surface area contributed by atoms with E-state index in [9.17, 15) is 9.59 Å². The number of carboxylic acid groups (broad SMARTS) is 1. The van der Waals surface area contributed by atoms with Gasteiger partial charge in [0.1, 0.15) is 5.82 Å². The third-order valence-corrected chi connectivity index (χ3v) is 2.93. The number of aryl methyl sites for hydroxylation is 1. The minimum absolute atomic E-state index is 0.0501. The smallest absolute Gasteiger partial charge is 0.305 e. The Morgan fingerprint density at radius 1 is 1.47 bits per heavy atom. The molecule has 0 saturated carbocycles. The van der Waals surface area contributed by atoms with Gasteiger partial charge in [0.05, 0.1) is 12.0 Å². The van der Waals surface area contributed by atoms with E-state index in [-0.39, 0.29) is 18.4 Å². The summed E-state index contributed by atoms with van der Waals surface area (Å²) < 4.78 is 0. The van der Waals surface area contributed by atoms with Crippen LogP contribution >= 0.6 is 0 Å². The lowest BCUT2D eigenvalue weighted by Gasteiger charge is -2.22. The number of nitrogens with one attached hydrogen (secondary N) is 1. The molecule has 0 aliphatic carbocycles. The number of pyridine rings is 1. The minimum Gasteiger partial charge on any atom is -0.481 e. The van der Waals surface area contributed by atoms with Gasteiger partial charge in [0.25, 0.3) is 5.91 Å². The van der Waals surface area contributed by atoms with Crippen LogP contribution in [0.25, 0.3) is 0 Å². The monoisotopic (exact) mass is 265 g/mol. The average molecular weight is 265 g/mol. The van der Waals surface area contributed by atoms with Gasteiger partial charge in [0.15, 0.2) is 0 Å². The Morgan fingerprint density at radius 2 is 2.11 bits per heavy atom. The average Bonchev–Trinajstić information content (AvgIpc) is 2.26. The van der Waals surface area contributed by atoms with E-state index in [1.165, 1.54) is 0 Å². The molecule has 0 saturated heterocycles. The Morgan fingerprint density at radius 3 is 2.58 bits per heavy atom. The van der Waals surface area contributed by atoms with Crippen LogP contribution in [0.3, 0.4) is 0 Å². The van der Waals surface area contributed by atoms with Crippen molar-refractivity contribution in [3.05, 3.63) is 23.4 Å². The molecule has 19 heavy (non-hydrogen) atoms. The predicted octanol–water partition coefficient (Wildman–Crippen LogP) is 1.40. The van der Waals surface area contributed by atoms with E-state index >= 15 is 0 Å². The summed E-state index contributed by atoms with van der Waals surface area (Å²) in [5.74, 6) is -1.06. The lowest BCUT2D eigenvalue weighted by Crippen LogP contribution is -2.30. The van der Waals surface area contributed by atoms with Gasteiger partial charge in [-0.15, -0.1) is 0 Å². The molecule has 0 radical (unpaired) electrons. The molecule has 1 aromatic rings. The summed E-state index contributed by atoms with van der Waals surface area (Å²) in [6, 6.07) is 1.37. The number of primary amides is 1. The number of hydrogen-bond acceptors (Lipinski definition) is 4. The van der Waals surface area contributed by atoms with Crippen molar-refractivity contribution in [2.24, 2.45) is 11.7 Å². The van der Waals surface area contributed by atoms with Crippen molar-refractivity contribution in [3.8, 4) is 0 Å². The molecule has 6 nitrogen and oxygen atoms in total. The third kappa shape index (κ3) is 3.94. The van der Waals surface area contributed by atoms with E-state index in [0.717, 1.165) is 0 Å². The van der Waals surface area contributed by atoms with Gasteiger partial charge in [-0.1, -0.05) is 13.8 Å². The summed E-state index contributed by atoms with van der Waals surface area (Å²) in [6.45, 7) is 5.56. The van der Waals surface area contributed by atoms with Gasteiger partial charge >= 0.3 is 5.97 Å². The fourth-order valence-electron chi connectivity index (χ4n) is 1.80. The number of rotatable bonds is 6. The quantitative estimate of drug-likeness (QED) is 0.721. The second-order valence-corrected chi connectivity index (χ2v) is 4.81. The van der Waals surface area contributed by atoms with Crippen LogP contribution in [0.5, 0.6) is 0 Å². The second kappa shape index (κ2) is 6.17. The van der Waals surface area contributed by atoms with Crippen LogP contribution in [0.15, 0.2) is 12.3 Å². The highest BCUT2D eigenvalue weighted by molar-refractivity contribution is 5.99. The first kappa shape index (κ1) is 14.9. The molecule has 1 heterocycles. The first-order valence-electron chi connectivity index (χ1n) is 6.06. The van der Waals surface area contributed by atoms with Crippen LogP contribution < -0.4 is 11.1 Å². The number of aliphatic carboxylic acids is 1. The SMILES string of the molecule is Cc1ccnc(NC(CC(=O)O)C(C)C)c1C(N)=O. The lowest BCUT2D eigenvalue weighted by atomic mass is 10.0. The molecule has 1 amide bonds. The number of carboxylic acids is 1. The summed E-state index contributed by atoms with van der Waals surface area (Å²) in [5.41, 5.74) is 6.35. The first-order chi connectivity index (χ1) is 8.82. The summed E-state index contributed by atoms with van der Waals surface area (Å²) in [6.07, 6.45) is 1.51. The van der Waals surface area contributed by atoms with Gasteiger partial charge in [-0.05, 0) is 24.5 Å². The Hall–Kier alpha value is -2.11. The molecule has 1 atom stereocenters. The van der Waals surface area contributed by atoms with Gasteiger partial charge < -0.3 is 16.2 Å². The zero-order valence-corrected chi connectivity index (χ0v) is 11.3. The van der Waals surface area contributed by atoms with E-state index in [4.69, 9.17) is 10.8 Å². The summed E-state index contributed by atoms with van der Waals surface area (Å²) in [4.78, 5) is 26.4. The van der Waals surface area contributed by atoms with E-state index in [0.29, 0.717) is 16.9 Å². The fourth-order valence-corrected chi connectivity index (χ4v) is 1.80. The molecule has 1 rings (SSSR count). The molecule has 6 heteroatoms. The van der Waals surface area contributed by atoms with Crippen molar-refractivity contribution in [3.63, 3.8) is 0 Å². The number of anilines is 1. The largest absolute Gasteiger partial charge is 0.481 e. The summed E-state index contributed by atoms with van der Waals surface area (Å²) in [7, 11) is 0. The van der Waals surface area contributed by atoms with Crippen molar-refractivity contribution in [2.45, 2.75) is 33.2 Å². The van der Waals surface area contributed by atoms with Crippen molar-refractivity contribution in [1.29, 1.82) is 0 Å². The highest BCUT2D eigenvalue weighted by Gasteiger charge is 2.20. The maximum Gasteiger partial charge on any atom is 0.305 e. The normalized spacial score (nSPS) is 12.2. The van der Waals surface area contributed by atoms with Crippen LogP contribution in [-0.2, 0) is 4.79 Å². The predicted molar refractivity (Wildman–Crippen MR) is 72.0 cm³/mol. The van der Waals surface area contributed by atoms with Crippen LogP contribution in [-0.4, -0.2) is 28.0 Å². The van der Waals surface area contributed by atoms with Crippen LogP contribution in [0, 0.1) is 12.8 Å². The van der Waals surface area contributed by atoms with Crippen molar-refractivity contribution < 1.29 is 14.7 Å². The van der Waals surface area contributed by atoms with Crippen LogP contribution in [0.1, 0.15) is 36.2 Å². The molecule has 0 aromatic carbocycles. The maximum atomic E-state index is 11.4. The molecule has 104 valence electrons. The Kier molecular flexibility index (Phi) is 4.86. The number of amides is 1. The third-order valence-electron chi connectivity index (χ3n) is 2.93. The number of carbonyl (C=O) groups excluding carboxylic acids is 1. The first-order valence-corrected chi connectivity index (χ1v) is 6.06. The molecule has 1 aromatic heterocycles. The van der Waals surface area contributed by atoms with Gasteiger partial charge in [0.2, 0.25) is 0 Å². The molecule has 0 bridgehead atoms. The Balaban J connectivity index is 3.06. The van der Waals surface area contributed by atoms with Crippen LogP contribution in [0.2, 0.25) is 0 Å². The minimum atomic E-state index is -0.903. The molecule has 0 aliphatic heterocycles. The Labute approximate surface area is 112 Å². The number of aromatic nitrogens is 1. The molecule has 0 fully saturated rings. The van der Waals surface area contributed by atoms with Gasteiger partial charge in [-0.3, -0.25) is 9.59 Å². The highest BCUT2D eigenvalue weighted by atomic mass is 16.4. The maximum absolute atomic E-state index is 11.4. The van der Waals surface area contributed by atoms with Gasteiger partial charge in [0, 0.05) is 12.2 Å². The van der Waals surface area contributed by atoms with E-state index < -0.39 is 11.9 Å². The highest BCUT2D eigenvalue weighted by Crippen LogP contribution is 2.20. The number of nitrogens with zero attached hydrogens (tertiary/aromatic N) is 1. The topological polar surface area (TPSA) is 105 Å². The second-order valence-electron chi connectivity index (χ2n) is 4.81. The van der Waals surface area contributed by atoms with Crippen LogP contribution in [0.4, 0.5) is 5.82 Å². The molecular formula is C13H19N3O3. The number of nitrogens with two attached hydrogens (primary N) is 1. The summed E-state index contributed by atoms with van der Waals surface area (Å²) >= 11 is 0. The fraction of sp³-hybridized carbons (Fsp3) is 0.462. The number of carbonyl (C=O) groups is 2. The lowest BCUT2D eigenvalue weighted by molar-refractivity contribution is -0.137.